The minimum absolute atomic E-state index is 0.221. The van der Waals surface area contributed by atoms with Crippen LogP contribution in [0.5, 0.6) is 0 Å². The first-order chi connectivity index (χ1) is 18.9. The summed E-state index contributed by atoms with van der Waals surface area (Å²) in [5.74, 6) is 0.651. The number of benzene rings is 1. The van der Waals surface area contributed by atoms with Gasteiger partial charge in [0.25, 0.3) is 0 Å². The second-order valence-electron chi connectivity index (χ2n) is 11.6. The Morgan fingerprint density at radius 2 is 1.95 bits per heavy atom. The van der Waals surface area contributed by atoms with Gasteiger partial charge in [-0.2, -0.15) is 5.10 Å². The number of halogens is 1. The van der Waals surface area contributed by atoms with Gasteiger partial charge >= 0.3 is 0 Å². The molecule has 0 aliphatic heterocycles. The summed E-state index contributed by atoms with van der Waals surface area (Å²) in [6.45, 7) is 2.29. The molecular weight excluding hydrogens is 491 g/mol. The first kappa shape index (κ1) is 22.7. The third-order valence-electron chi connectivity index (χ3n) is 8.49. The maximum Gasteiger partial charge on any atom is 0.182 e. The Bertz CT molecular complexity index is 1830. The number of aromatic amines is 1. The van der Waals surface area contributed by atoms with Gasteiger partial charge in [0.15, 0.2) is 5.82 Å². The highest BCUT2D eigenvalue weighted by Gasteiger charge is 2.68. The molecule has 1 aromatic carbocycles. The van der Waals surface area contributed by atoms with Gasteiger partial charge in [0.1, 0.15) is 12.0 Å². The lowest BCUT2D eigenvalue weighted by Crippen LogP contribution is -2.67. The van der Waals surface area contributed by atoms with Crippen molar-refractivity contribution in [2.75, 3.05) is 6.54 Å². The maximum atomic E-state index is 13.8. The maximum absolute atomic E-state index is 13.8. The molecule has 39 heavy (non-hydrogen) atoms. The molecule has 6 aromatic rings. The summed E-state index contributed by atoms with van der Waals surface area (Å²) in [6, 6.07) is 12.8. The van der Waals surface area contributed by atoms with Gasteiger partial charge in [-0.15, -0.1) is 0 Å². The van der Waals surface area contributed by atoms with Gasteiger partial charge in [-0.25, -0.2) is 14.1 Å². The van der Waals surface area contributed by atoms with E-state index in [1.807, 2.05) is 17.9 Å². The summed E-state index contributed by atoms with van der Waals surface area (Å²) in [5.41, 5.74) is 5.81. The molecular formula is C30H29FN8. The minimum Gasteiger partial charge on any atom is -0.357 e. The predicted molar refractivity (Wildman–Crippen MR) is 148 cm³/mol. The van der Waals surface area contributed by atoms with Crippen LogP contribution in [0.2, 0.25) is 0 Å². The number of pyridine rings is 1. The van der Waals surface area contributed by atoms with E-state index in [0.29, 0.717) is 12.4 Å². The molecule has 2 N–H and O–H groups in total. The number of rotatable bonds is 8. The highest BCUT2D eigenvalue weighted by Crippen LogP contribution is 2.69. The average molecular weight is 521 g/mol. The molecule has 3 saturated carbocycles. The molecule has 0 unspecified atom stereocenters. The van der Waals surface area contributed by atoms with Crippen LogP contribution in [0.4, 0.5) is 4.39 Å². The molecule has 0 radical (unpaired) electrons. The van der Waals surface area contributed by atoms with Crippen LogP contribution < -0.4 is 5.32 Å². The quantitative estimate of drug-likeness (QED) is 0.291. The molecule has 9 rings (SSSR count). The summed E-state index contributed by atoms with van der Waals surface area (Å²) in [7, 11) is 2.05. The predicted octanol–water partition coefficient (Wildman–Crippen LogP) is 5.13. The van der Waals surface area contributed by atoms with Crippen molar-refractivity contribution in [2.45, 2.75) is 38.0 Å². The molecule has 2 bridgehead atoms. The molecule has 3 aliphatic carbocycles. The lowest BCUT2D eigenvalue weighted by atomic mass is 9.42. The number of nitrogens with zero attached hydrogens (tertiary/aromatic N) is 6. The van der Waals surface area contributed by atoms with Crippen LogP contribution in [0.3, 0.4) is 0 Å². The minimum atomic E-state index is -0.830. The van der Waals surface area contributed by atoms with E-state index in [0.717, 1.165) is 60.4 Å². The number of hydrogen-bond acceptors (Lipinski definition) is 4. The Labute approximate surface area is 224 Å². The zero-order valence-electron chi connectivity index (χ0n) is 21.7. The summed E-state index contributed by atoms with van der Waals surface area (Å²) < 4.78 is 19.8. The lowest BCUT2D eigenvalue weighted by Gasteiger charge is -2.66. The van der Waals surface area contributed by atoms with Crippen LogP contribution in [0, 0.1) is 5.41 Å². The van der Waals surface area contributed by atoms with E-state index in [-0.39, 0.29) is 5.41 Å². The first-order valence-corrected chi connectivity index (χ1v) is 13.4. The molecule has 0 atom stereocenters. The fourth-order valence-electron chi connectivity index (χ4n) is 6.62. The van der Waals surface area contributed by atoms with Crippen molar-refractivity contribution >= 4 is 21.8 Å². The molecule has 8 nitrogen and oxygen atoms in total. The second-order valence-corrected chi connectivity index (χ2v) is 11.6. The molecule has 3 fully saturated rings. The van der Waals surface area contributed by atoms with E-state index in [4.69, 9.17) is 5.10 Å². The number of aryl methyl sites for hydroxylation is 1. The molecule has 9 heteroatoms. The normalized spacial score (nSPS) is 21.9. The van der Waals surface area contributed by atoms with Crippen molar-refractivity contribution in [3.63, 3.8) is 0 Å². The summed E-state index contributed by atoms with van der Waals surface area (Å²) >= 11 is 0. The number of H-pyrrole nitrogens is 1. The third-order valence-corrected chi connectivity index (χ3v) is 8.49. The SMILES string of the molecule is Cn1ccc2cn(-c3cncc(-c4ncn(Cc5ccc6cc(CNCC78CC(F)(C7)C8)[nH]c6c5)n4)c3)cc21. The van der Waals surface area contributed by atoms with Crippen LogP contribution >= 0.6 is 0 Å². The fourth-order valence-corrected chi connectivity index (χ4v) is 6.62. The Kier molecular flexibility index (Phi) is 4.74. The number of fused-ring (bicyclic) bond motifs is 2. The van der Waals surface area contributed by atoms with Crippen molar-refractivity contribution in [3.05, 3.63) is 85.0 Å². The van der Waals surface area contributed by atoms with Gasteiger partial charge in [-0.3, -0.25) is 4.98 Å². The smallest absolute Gasteiger partial charge is 0.182 e. The molecule has 5 aromatic heterocycles. The molecule has 5 heterocycles. The number of nitrogens with one attached hydrogen (secondary N) is 2. The monoisotopic (exact) mass is 520 g/mol. The lowest BCUT2D eigenvalue weighted by molar-refractivity contribution is -0.209. The van der Waals surface area contributed by atoms with E-state index in [2.05, 4.69) is 84.4 Å². The van der Waals surface area contributed by atoms with Crippen molar-refractivity contribution in [2.24, 2.45) is 12.5 Å². The van der Waals surface area contributed by atoms with Gasteiger partial charge in [0.05, 0.1) is 23.9 Å². The summed E-state index contributed by atoms with van der Waals surface area (Å²) in [4.78, 5) is 12.5. The summed E-state index contributed by atoms with van der Waals surface area (Å²) in [5, 5.41) is 10.6. The van der Waals surface area contributed by atoms with Gasteiger partial charge in [-0.05, 0) is 59.9 Å². The van der Waals surface area contributed by atoms with Crippen molar-refractivity contribution in [3.8, 4) is 17.1 Å². The highest BCUT2D eigenvalue weighted by molar-refractivity contribution is 5.81. The number of aromatic nitrogens is 7. The van der Waals surface area contributed by atoms with Crippen molar-refractivity contribution in [1.29, 1.82) is 0 Å². The van der Waals surface area contributed by atoms with Crippen LogP contribution in [-0.2, 0) is 20.1 Å². The average Bonchev–Trinajstić information content (AvgIpc) is 3.68. The summed E-state index contributed by atoms with van der Waals surface area (Å²) in [6.07, 6.45) is 13.9. The fraction of sp³-hybridized carbons (Fsp3) is 0.300. The zero-order chi connectivity index (χ0) is 26.2. The molecule has 0 spiro atoms. The first-order valence-electron chi connectivity index (χ1n) is 13.4. The standard InChI is InChI=1S/C30H29FN8/c1-37-5-4-22-13-38(14-27(22)37)25-8-23(9-32-11-25)28-34-19-39(36-28)12-20-2-3-21-7-24(35-26(21)6-20)10-33-18-29-15-30(31,16-29)17-29/h2-9,11,13-14,19,33,35H,10,12,15-18H2,1H3. The highest BCUT2D eigenvalue weighted by atomic mass is 19.1. The molecule has 0 amide bonds. The Morgan fingerprint density at radius 1 is 1.05 bits per heavy atom. The Morgan fingerprint density at radius 3 is 2.79 bits per heavy atom. The van der Waals surface area contributed by atoms with Crippen molar-refractivity contribution < 1.29 is 4.39 Å². The Balaban J connectivity index is 0.955. The van der Waals surface area contributed by atoms with Gasteiger partial charge in [-0.1, -0.05) is 12.1 Å². The van der Waals surface area contributed by atoms with E-state index in [1.54, 1.807) is 12.5 Å². The second kappa shape index (κ2) is 8.13. The van der Waals surface area contributed by atoms with Crippen LogP contribution in [0.15, 0.2) is 73.7 Å². The van der Waals surface area contributed by atoms with Gasteiger partial charge in [0.2, 0.25) is 0 Å². The largest absolute Gasteiger partial charge is 0.357 e. The van der Waals surface area contributed by atoms with Crippen LogP contribution in [-0.4, -0.2) is 46.1 Å². The van der Waals surface area contributed by atoms with Gasteiger partial charge < -0.3 is 19.4 Å². The third kappa shape index (κ3) is 3.87. The van der Waals surface area contributed by atoms with Crippen LogP contribution in [0.1, 0.15) is 30.5 Å². The van der Waals surface area contributed by atoms with E-state index < -0.39 is 5.67 Å². The van der Waals surface area contributed by atoms with E-state index >= 15 is 0 Å². The molecule has 196 valence electrons. The topological polar surface area (TPSA) is 81.3 Å². The zero-order valence-corrected chi connectivity index (χ0v) is 21.7. The van der Waals surface area contributed by atoms with E-state index in [1.165, 1.54) is 16.3 Å². The van der Waals surface area contributed by atoms with E-state index in [9.17, 15) is 4.39 Å². The van der Waals surface area contributed by atoms with Crippen molar-refractivity contribution in [1.82, 2.24) is 39.2 Å². The number of hydrogen-bond donors (Lipinski definition) is 2. The molecule has 3 aliphatic rings. The Hall–Kier alpha value is -4.24. The molecule has 0 saturated heterocycles. The van der Waals surface area contributed by atoms with Crippen LogP contribution in [0.25, 0.3) is 38.9 Å². The van der Waals surface area contributed by atoms with Gasteiger partial charge in [0, 0.05) is 67.1 Å². The number of alkyl halides is 1.